The molecular formula is C23H17Cl2N3O2. The highest BCUT2D eigenvalue weighted by Crippen LogP contribution is 2.18. The average molecular weight is 438 g/mol. The lowest BCUT2D eigenvalue weighted by molar-refractivity contribution is -0.117. The quantitative estimate of drug-likeness (QED) is 0.326. The molecule has 150 valence electrons. The molecule has 7 heteroatoms. The van der Waals surface area contributed by atoms with Crippen LogP contribution in [0.25, 0.3) is 6.08 Å². The van der Waals surface area contributed by atoms with Crippen LogP contribution in [0.2, 0.25) is 10.0 Å². The Bertz CT molecular complexity index is 1090. The lowest BCUT2D eigenvalue weighted by atomic mass is 10.1. The van der Waals surface area contributed by atoms with Gasteiger partial charge < -0.3 is 5.32 Å². The van der Waals surface area contributed by atoms with Gasteiger partial charge in [-0.25, -0.2) is 5.43 Å². The Balaban J connectivity index is 1.81. The maximum Gasteiger partial charge on any atom is 0.287 e. The molecule has 0 spiro atoms. The van der Waals surface area contributed by atoms with Crippen LogP contribution in [0.3, 0.4) is 0 Å². The van der Waals surface area contributed by atoms with Crippen molar-refractivity contribution in [2.75, 3.05) is 0 Å². The first-order chi connectivity index (χ1) is 14.5. The van der Waals surface area contributed by atoms with Gasteiger partial charge in [-0.15, -0.1) is 0 Å². The van der Waals surface area contributed by atoms with E-state index in [0.29, 0.717) is 21.2 Å². The van der Waals surface area contributed by atoms with E-state index in [2.05, 4.69) is 15.8 Å². The number of amides is 2. The van der Waals surface area contributed by atoms with Crippen molar-refractivity contribution in [2.24, 2.45) is 5.10 Å². The molecule has 0 aliphatic rings. The zero-order valence-electron chi connectivity index (χ0n) is 15.7. The van der Waals surface area contributed by atoms with Crippen molar-refractivity contribution in [2.45, 2.75) is 0 Å². The van der Waals surface area contributed by atoms with Crippen LogP contribution < -0.4 is 10.7 Å². The number of nitrogens with one attached hydrogen (secondary N) is 2. The van der Waals surface area contributed by atoms with Crippen molar-refractivity contribution < 1.29 is 9.59 Å². The molecule has 30 heavy (non-hydrogen) atoms. The second kappa shape index (κ2) is 10.4. The largest absolute Gasteiger partial charge is 0.317 e. The van der Waals surface area contributed by atoms with Gasteiger partial charge in [0.25, 0.3) is 11.8 Å². The summed E-state index contributed by atoms with van der Waals surface area (Å²) in [7, 11) is 0. The van der Waals surface area contributed by atoms with Gasteiger partial charge in [-0.1, -0.05) is 71.7 Å². The summed E-state index contributed by atoms with van der Waals surface area (Å²) in [4.78, 5) is 25.2. The predicted molar refractivity (Wildman–Crippen MR) is 121 cm³/mol. The Morgan fingerprint density at radius 2 is 1.50 bits per heavy atom. The van der Waals surface area contributed by atoms with E-state index in [1.165, 1.54) is 12.3 Å². The zero-order chi connectivity index (χ0) is 21.3. The number of hydrazone groups is 1. The summed E-state index contributed by atoms with van der Waals surface area (Å²) in [5, 5.41) is 7.62. The average Bonchev–Trinajstić information content (AvgIpc) is 2.76. The molecule has 0 aliphatic heterocycles. The third kappa shape index (κ3) is 6.04. The lowest BCUT2D eigenvalue weighted by Gasteiger charge is -2.09. The van der Waals surface area contributed by atoms with Crippen LogP contribution in [0.4, 0.5) is 0 Å². The van der Waals surface area contributed by atoms with Crippen LogP contribution >= 0.6 is 23.2 Å². The number of carbonyl (C=O) groups is 2. The van der Waals surface area contributed by atoms with E-state index >= 15 is 0 Å². The lowest BCUT2D eigenvalue weighted by Crippen LogP contribution is -2.32. The monoisotopic (exact) mass is 437 g/mol. The molecule has 0 unspecified atom stereocenters. The Morgan fingerprint density at radius 3 is 2.20 bits per heavy atom. The standard InChI is InChI=1S/C23H17Cl2N3O2/c24-19-12-10-16(11-13-19)15-26-28-23(30)21(14-18-8-4-5-9-20(18)25)27-22(29)17-6-2-1-3-7-17/h1-15H,(H,27,29)(H,28,30). The van der Waals surface area contributed by atoms with Crippen LogP contribution in [0.5, 0.6) is 0 Å². The molecule has 0 saturated heterocycles. The minimum atomic E-state index is -0.593. The fourth-order valence-electron chi connectivity index (χ4n) is 2.46. The smallest absolute Gasteiger partial charge is 0.287 e. The van der Waals surface area contributed by atoms with E-state index in [0.717, 1.165) is 5.56 Å². The molecular weight excluding hydrogens is 421 g/mol. The van der Waals surface area contributed by atoms with E-state index in [1.807, 2.05) is 0 Å². The van der Waals surface area contributed by atoms with Crippen molar-refractivity contribution in [1.82, 2.24) is 10.7 Å². The third-order valence-corrected chi connectivity index (χ3v) is 4.58. The molecule has 0 aliphatic carbocycles. The van der Waals surface area contributed by atoms with Crippen molar-refractivity contribution in [3.63, 3.8) is 0 Å². The molecule has 0 bridgehead atoms. The summed E-state index contributed by atoms with van der Waals surface area (Å²) in [5.41, 5.74) is 4.17. The Hall–Kier alpha value is -3.41. The summed E-state index contributed by atoms with van der Waals surface area (Å²) in [6.45, 7) is 0. The highest BCUT2D eigenvalue weighted by atomic mass is 35.5. The van der Waals surface area contributed by atoms with Gasteiger partial charge in [0.1, 0.15) is 5.70 Å². The predicted octanol–water partition coefficient (Wildman–Crippen LogP) is 4.91. The number of halogens is 2. The van der Waals surface area contributed by atoms with Gasteiger partial charge in [0, 0.05) is 15.6 Å². The topological polar surface area (TPSA) is 70.6 Å². The molecule has 5 nitrogen and oxygen atoms in total. The SMILES string of the molecule is O=C(NN=Cc1ccc(Cl)cc1)C(=Cc1ccccc1Cl)NC(=O)c1ccccc1. The number of rotatable bonds is 6. The first-order valence-corrected chi connectivity index (χ1v) is 9.70. The molecule has 0 saturated carbocycles. The van der Waals surface area contributed by atoms with Gasteiger partial charge in [0.2, 0.25) is 0 Å². The highest BCUT2D eigenvalue weighted by Gasteiger charge is 2.14. The molecule has 3 rings (SSSR count). The van der Waals surface area contributed by atoms with Crippen LogP contribution in [0.15, 0.2) is 89.7 Å². The van der Waals surface area contributed by atoms with Crippen molar-refractivity contribution in [3.05, 3.63) is 111 Å². The fourth-order valence-corrected chi connectivity index (χ4v) is 2.78. The Morgan fingerprint density at radius 1 is 0.833 bits per heavy atom. The number of hydrogen-bond donors (Lipinski definition) is 2. The zero-order valence-corrected chi connectivity index (χ0v) is 17.2. The second-order valence-corrected chi connectivity index (χ2v) is 6.99. The van der Waals surface area contributed by atoms with Gasteiger partial charge in [-0.05, 0) is 47.5 Å². The molecule has 3 aromatic carbocycles. The van der Waals surface area contributed by atoms with Gasteiger partial charge in [-0.3, -0.25) is 9.59 Å². The summed E-state index contributed by atoms with van der Waals surface area (Å²) in [6.07, 6.45) is 2.97. The van der Waals surface area contributed by atoms with E-state index < -0.39 is 11.8 Å². The van der Waals surface area contributed by atoms with Crippen LogP contribution in [0, 0.1) is 0 Å². The van der Waals surface area contributed by atoms with Crippen LogP contribution in [-0.4, -0.2) is 18.0 Å². The number of nitrogens with zero attached hydrogens (tertiary/aromatic N) is 1. The normalized spacial score (nSPS) is 11.3. The summed E-state index contributed by atoms with van der Waals surface area (Å²) in [5.74, 6) is -1.02. The molecule has 0 aromatic heterocycles. The van der Waals surface area contributed by atoms with Crippen LogP contribution in [0.1, 0.15) is 21.5 Å². The van der Waals surface area contributed by atoms with E-state index in [-0.39, 0.29) is 5.70 Å². The Labute approximate surface area is 184 Å². The highest BCUT2D eigenvalue weighted by molar-refractivity contribution is 6.32. The van der Waals surface area contributed by atoms with E-state index in [4.69, 9.17) is 23.2 Å². The fraction of sp³-hybridized carbons (Fsp3) is 0. The van der Waals surface area contributed by atoms with E-state index in [1.54, 1.807) is 78.9 Å². The van der Waals surface area contributed by atoms with Crippen molar-refractivity contribution >= 4 is 47.3 Å². The summed E-state index contributed by atoms with van der Waals surface area (Å²) >= 11 is 12.0. The number of hydrogen-bond acceptors (Lipinski definition) is 3. The first kappa shape index (κ1) is 21.3. The maximum absolute atomic E-state index is 12.7. The van der Waals surface area contributed by atoms with Crippen LogP contribution in [-0.2, 0) is 4.79 Å². The number of carbonyl (C=O) groups excluding carboxylic acids is 2. The molecule has 2 amide bonds. The summed E-state index contributed by atoms with van der Waals surface area (Å²) in [6, 6.07) is 22.5. The van der Waals surface area contributed by atoms with Gasteiger partial charge in [-0.2, -0.15) is 5.10 Å². The minimum absolute atomic E-state index is 0.00482. The van der Waals surface area contributed by atoms with Gasteiger partial charge >= 0.3 is 0 Å². The van der Waals surface area contributed by atoms with Crippen molar-refractivity contribution in [3.8, 4) is 0 Å². The van der Waals surface area contributed by atoms with E-state index in [9.17, 15) is 9.59 Å². The summed E-state index contributed by atoms with van der Waals surface area (Å²) < 4.78 is 0. The molecule has 0 atom stereocenters. The third-order valence-electron chi connectivity index (χ3n) is 3.98. The molecule has 0 radical (unpaired) electrons. The maximum atomic E-state index is 12.7. The molecule has 0 heterocycles. The van der Waals surface area contributed by atoms with Crippen molar-refractivity contribution in [1.29, 1.82) is 0 Å². The van der Waals surface area contributed by atoms with Gasteiger partial charge in [0.05, 0.1) is 6.21 Å². The molecule has 2 N–H and O–H groups in total. The second-order valence-electron chi connectivity index (χ2n) is 6.15. The van der Waals surface area contributed by atoms with Gasteiger partial charge in [0.15, 0.2) is 0 Å². The molecule has 0 fully saturated rings. The first-order valence-electron chi connectivity index (χ1n) is 8.94. The number of benzene rings is 3. The minimum Gasteiger partial charge on any atom is -0.317 e. The Kier molecular flexibility index (Phi) is 7.38. The molecule has 3 aromatic rings.